The number of hydrogen-bond acceptors (Lipinski definition) is 1. The summed E-state index contributed by atoms with van der Waals surface area (Å²) in [5, 5.41) is 3.43. The smallest absolute Gasteiger partial charge is 0.314 e. The van der Waals surface area contributed by atoms with Crippen molar-refractivity contribution in [1.29, 1.82) is 0 Å². The first-order valence-electron chi connectivity index (χ1n) is 7.31. The van der Waals surface area contributed by atoms with Gasteiger partial charge in [-0.2, -0.15) is 13.2 Å². The van der Waals surface area contributed by atoms with Gasteiger partial charge >= 0.3 is 6.18 Å². The van der Waals surface area contributed by atoms with E-state index in [-0.39, 0.29) is 6.04 Å². The lowest BCUT2D eigenvalue weighted by atomic mass is 9.90. The summed E-state index contributed by atoms with van der Waals surface area (Å²) in [6, 6.07) is 5.97. The molecular weight excluding hydrogens is 263 g/mol. The fourth-order valence-electron chi connectivity index (χ4n) is 2.79. The molecule has 112 valence electrons. The van der Waals surface area contributed by atoms with Gasteiger partial charge in [-0.05, 0) is 49.3 Å². The van der Waals surface area contributed by atoms with Crippen LogP contribution in [0.25, 0.3) is 0 Å². The van der Waals surface area contributed by atoms with Crippen LogP contribution in [0.2, 0.25) is 0 Å². The van der Waals surface area contributed by atoms with E-state index in [1.54, 1.807) is 6.07 Å². The summed E-state index contributed by atoms with van der Waals surface area (Å²) in [5.41, 5.74) is 0.211. The number of rotatable bonds is 6. The Hall–Kier alpha value is -1.03. The maximum absolute atomic E-state index is 12.7. The van der Waals surface area contributed by atoms with Crippen LogP contribution in [0, 0.1) is 11.8 Å². The molecule has 1 fully saturated rings. The first kappa shape index (κ1) is 15.4. The molecule has 0 spiro atoms. The van der Waals surface area contributed by atoms with Gasteiger partial charge in [-0.15, -0.1) is 0 Å². The molecule has 0 saturated heterocycles. The number of benzene rings is 1. The fourth-order valence-corrected chi connectivity index (χ4v) is 2.79. The van der Waals surface area contributed by atoms with E-state index in [0.717, 1.165) is 24.1 Å². The Labute approximate surface area is 118 Å². The first-order chi connectivity index (χ1) is 9.41. The molecule has 20 heavy (non-hydrogen) atoms. The summed E-state index contributed by atoms with van der Waals surface area (Å²) in [4.78, 5) is 0. The van der Waals surface area contributed by atoms with Crippen molar-refractivity contribution in [3.05, 3.63) is 35.4 Å². The minimum Gasteiger partial charge on any atom is -0.314 e. The van der Waals surface area contributed by atoms with Crippen LogP contribution in [-0.4, -0.2) is 12.6 Å². The molecule has 1 aliphatic carbocycles. The monoisotopic (exact) mass is 285 g/mol. The minimum atomic E-state index is -4.26. The molecule has 0 bridgehead atoms. The van der Waals surface area contributed by atoms with E-state index in [9.17, 15) is 13.2 Å². The van der Waals surface area contributed by atoms with Crippen LogP contribution in [0.4, 0.5) is 13.2 Å². The standard InChI is InChI=1S/C16H22F3N/c1-3-20-15(11(2)13-7-8-13)10-12-5-4-6-14(9-12)16(17,18)19/h4-6,9,11,13,15,20H,3,7-8,10H2,1-2H3. The number of halogens is 3. The molecule has 0 aromatic heterocycles. The molecule has 4 heteroatoms. The van der Waals surface area contributed by atoms with Gasteiger partial charge in [0.25, 0.3) is 0 Å². The number of nitrogens with one attached hydrogen (secondary N) is 1. The third kappa shape index (κ3) is 3.98. The lowest BCUT2D eigenvalue weighted by molar-refractivity contribution is -0.137. The predicted molar refractivity (Wildman–Crippen MR) is 74.5 cm³/mol. The van der Waals surface area contributed by atoms with E-state index >= 15 is 0 Å². The van der Waals surface area contributed by atoms with Gasteiger partial charge in [0.2, 0.25) is 0 Å². The molecule has 2 atom stereocenters. The number of hydrogen-bond donors (Lipinski definition) is 1. The Morgan fingerprint density at radius 1 is 1.30 bits per heavy atom. The Morgan fingerprint density at radius 3 is 2.55 bits per heavy atom. The summed E-state index contributed by atoms with van der Waals surface area (Å²) >= 11 is 0. The number of likely N-dealkylation sites (N-methyl/N-ethyl adjacent to an activating group) is 1. The van der Waals surface area contributed by atoms with Crippen molar-refractivity contribution < 1.29 is 13.2 Å². The van der Waals surface area contributed by atoms with E-state index < -0.39 is 11.7 Å². The van der Waals surface area contributed by atoms with Crippen LogP contribution in [0.3, 0.4) is 0 Å². The SMILES string of the molecule is CCNC(Cc1cccc(C(F)(F)F)c1)C(C)C1CC1. The summed E-state index contributed by atoms with van der Waals surface area (Å²) in [6.07, 6.45) is -1.08. The van der Waals surface area contributed by atoms with Gasteiger partial charge in [0.05, 0.1) is 5.56 Å². The molecule has 1 saturated carbocycles. The molecule has 0 radical (unpaired) electrons. The van der Waals surface area contributed by atoms with Gasteiger partial charge in [0.1, 0.15) is 0 Å². The summed E-state index contributed by atoms with van der Waals surface area (Å²) in [6.45, 7) is 5.10. The van der Waals surface area contributed by atoms with Crippen molar-refractivity contribution in [3.8, 4) is 0 Å². The average molecular weight is 285 g/mol. The third-order valence-electron chi connectivity index (χ3n) is 4.18. The summed E-state index contributed by atoms with van der Waals surface area (Å²) in [5.74, 6) is 1.26. The lowest BCUT2D eigenvalue weighted by Crippen LogP contribution is -2.37. The van der Waals surface area contributed by atoms with Crippen molar-refractivity contribution in [2.24, 2.45) is 11.8 Å². The second-order valence-corrected chi connectivity index (χ2v) is 5.76. The van der Waals surface area contributed by atoms with Crippen LogP contribution < -0.4 is 5.32 Å². The molecular formula is C16H22F3N. The third-order valence-corrected chi connectivity index (χ3v) is 4.18. The van der Waals surface area contributed by atoms with Crippen LogP contribution in [-0.2, 0) is 12.6 Å². The number of alkyl halides is 3. The molecule has 0 aliphatic heterocycles. The van der Waals surface area contributed by atoms with Gasteiger partial charge in [-0.1, -0.05) is 32.0 Å². The highest BCUT2D eigenvalue weighted by Crippen LogP contribution is 2.39. The molecule has 0 heterocycles. The lowest BCUT2D eigenvalue weighted by Gasteiger charge is -2.25. The van der Waals surface area contributed by atoms with Crippen LogP contribution in [0.15, 0.2) is 24.3 Å². The van der Waals surface area contributed by atoms with Gasteiger partial charge in [0.15, 0.2) is 0 Å². The largest absolute Gasteiger partial charge is 0.416 e. The second kappa shape index (κ2) is 6.17. The minimum absolute atomic E-state index is 0.260. The van der Waals surface area contributed by atoms with Crippen LogP contribution >= 0.6 is 0 Å². The van der Waals surface area contributed by atoms with Crippen LogP contribution in [0.1, 0.15) is 37.8 Å². The maximum atomic E-state index is 12.7. The normalized spacial score (nSPS) is 18.9. The van der Waals surface area contributed by atoms with E-state index in [4.69, 9.17) is 0 Å². The van der Waals surface area contributed by atoms with Crippen LogP contribution in [0.5, 0.6) is 0 Å². The average Bonchev–Trinajstić information content (AvgIpc) is 3.21. The van der Waals surface area contributed by atoms with Gasteiger partial charge < -0.3 is 5.32 Å². The predicted octanol–water partition coefficient (Wildman–Crippen LogP) is 4.27. The van der Waals surface area contributed by atoms with E-state index in [1.165, 1.54) is 25.0 Å². The molecule has 1 aromatic carbocycles. The topological polar surface area (TPSA) is 12.0 Å². The Morgan fingerprint density at radius 2 is 2.00 bits per heavy atom. The fraction of sp³-hybridized carbons (Fsp3) is 0.625. The van der Waals surface area contributed by atoms with Crippen molar-refractivity contribution >= 4 is 0 Å². The molecule has 0 amide bonds. The van der Waals surface area contributed by atoms with Crippen molar-refractivity contribution in [2.75, 3.05) is 6.54 Å². The second-order valence-electron chi connectivity index (χ2n) is 5.76. The zero-order valence-electron chi connectivity index (χ0n) is 12.0. The molecule has 1 aliphatic rings. The van der Waals surface area contributed by atoms with Gasteiger partial charge in [-0.3, -0.25) is 0 Å². The van der Waals surface area contributed by atoms with Crippen molar-refractivity contribution in [1.82, 2.24) is 5.32 Å². The van der Waals surface area contributed by atoms with Crippen molar-refractivity contribution in [2.45, 2.75) is 45.3 Å². The molecule has 2 unspecified atom stereocenters. The highest BCUT2D eigenvalue weighted by molar-refractivity contribution is 5.26. The first-order valence-corrected chi connectivity index (χ1v) is 7.31. The van der Waals surface area contributed by atoms with E-state index in [1.807, 2.05) is 6.92 Å². The highest BCUT2D eigenvalue weighted by Gasteiger charge is 2.34. The molecule has 1 N–H and O–H groups in total. The molecule has 1 nitrogen and oxygen atoms in total. The van der Waals surface area contributed by atoms with Gasteiger partial charge in [-0.25, -0.2) is 0 Å². The van der Waals surface area contributed by atoms with E-state index in [0.29, 0.717) is 12.3 Å². The van der Waals surface area contributed by atoms with Crippen molar-refractivity contribution in [3.63, 3.8) is 0 Å². The Kier molecular flexibility index (Phi) is 4.74. The molecule has 1 aromatic rings. The maximum Gasteiger partial charge on any atom is 0.416 e. The Bertz CT molecular complexity index is 438. The van der Waals surface area contributed by atoms with Gasteiger partial charge in [0, 0.05) is 6.04 Å². The Balaban J connectivity index is 2.09. The molecule has 2 rings (SSSR count). The zero-order valence-corrected chi connectivity index (χ0v) is 12.0. The van der Waals surface area contributed by atoms with E-state index in [2.05, 4.69) is 12.2 Å². The summed E-state index contributed by atoms with van der Waals surface area (Å²) in [7, 11) is 0. The zero-order chi connectivity index (χ0) is 14.8. The summed E-state index contributed by atoms with van der Waals surface area (Å²) < 4.78 is 38.2. The quantitative estimate of drug-likeness (QED) is 0.823. The highest BCUT2D eigenvalue weighted by atomic mass is 19.4.